The highest BCUT2D eigenvalue weighted by atomic mass is 16.5. The number of nitrogens with two attached hydrogens (primary N) is 1. The molecule has 0 saturated carbocycles. The fourth-order valence-electron chi connectivity index (χ4n) is 5.71. The monoisotopic (exact) mass is 498 g/mol. The summed E-state index contributed by atoms with van der Waals surface area (Å²) in [5, 5.41) is 4.91. The fraction of sp³-hybridized carbons (Fsp3) is 0.310. The largest absolute Gasteiger partial charge is 0.493 e. The molecule has 0 fully saturated rings. The van der Waals surface area contributed by atoms with Gasteiger partial charge in [0, 0.05) is 16.9 Å². The Kier molecular flexibility index (Phi) is 5.67. The molecule has 6 rings (SSSR count). The van der Waals surface area contributed by atoms with Gasteiger partial charge in [-0.1, -0.05) is 24.3 Å². The molecule has 2 aromatic heterocycles. The average molecular weight is 499 g/mol. The van der Waals surface area contributed by atoms with Crippen molar-refractivity contribution < 1.29 is 18.9 Å². The molecule has 0 amide bonds. The lowest BCUT2D eigenvalue weighted by Crippen LogP contribution is -2.20. The molecule has 1 aliphatic heterocycles. The third kappa shape index (κ3) is 3.50. The lowest BCUT2D eigenvalue weighted by Gasteiger charge is -2.31. The molecule has 0 bridgehead atoms. The van der Waals surface area contributed by atoms with E-state index in [4.69, 9.17) is 34.8 Å². The molecule has 1 unspecified atom stereocenters. The van der Waals surface area contributed by atoms with Gasteiger partial charge < -0.3 is 24.7 Å². The maximum absolute atomic E-state index is 6.95. The Labute approximate surface area is 215 Å². The van der Waals surface area contributed by atoms with E-state index < -0.39 is 0 Å². The Morgan fingerprint density at radius 3 is 2.41 bits per heavy atom. The number of nitrogens with zero attached hydrogens (tertiary/aromatic N) is 3. The Morgan fingerprint density at radius 1 is 0.919 bits per heavy atom. The lowest BCUT2D eigenvalue weighted by molar-refractivity contribution is 0.321. The molecular formula is C29H30N4O4. The minimum Gasteiger partial charge on any atom is -0.493 e. The molecule has 0 radical (unpaired) electrons. The van der Waals surface area contributed by atoms with Gasteiger partial charge in [-0.25, -0.2) is 9.67 Å². The summed E-state index contributed by atoms with van der Waals surface area (Å²) in [7, 11) is 4.86. The van der Waals surface area contributed by atoms with Gasteiger partial charge in [0.05, 0.1) is 49.8 Å². The number of anilines is 1. The summed E-state index contributed by atoms with van der Waals surface area (Å²) in [5.41, 5.74) is 14.2. The number of aromatic nitrogens is 3. The number of nitrogen functional groups attached to an aromatic ring is 1. The molecule has 8 heteroatoms. The van der Waals surface area contributed by atoms with Crippen LogP contribution in [-0.4, -0.2) is 36.1 Å². The highest BCUT2D eigenvalue weighted by Crippen LogP contribution is 2.55. The predicted molar refractivity (Wildman–Crippen MR) is 141 cm³/mol. The van der Waals surface area contributed by atoms with Crippen LogP contribution >= 0.6 is 0 Å². The summed E-state index contributed by atoms with van der Waals surface area (Å²) >= 11 is 0. The van der Waals surface area contributed by atoms with Gasteiger partial charge in [0.2, 0.25) is 17.5 Å². The molecule has 190 valence electrons. The number of rotatable bonds is 5. The zero-order chi connectivity index (χ0) is 25.7. The smallest absolute Gasteiger partial charge is 0.229 e. The molecule has 8 nitrogen and oxygen atoms in total. The van der Waals surface area contributed by atoms with Crippen molar-refractivity contribution in [3.8, 4) is 34.7 Å². The van der Waals surface area contributed by atoms with Gasteiger partial charge in [-0.05, 0) is 56.4 Å². The average Bonchev–Trinajstić information content (AvgIpc) is 3.27. The molecule has 1 aliphatic carbocycles. The van der Waals surface area contributed by atoms with Crippen molar-refractivity contribution in [2.24, 2.45) is 0 Å². The SMILES string of the molecule is COc1ccc(C2c3c(nc4c(c3N)CCCC4)Oc3c2c(C)nn3-c2ccccc2)c(OC)c1OC. The van der Waals surface area contributed by atoms with Crippen LogP contribution in [0.1, 0.15) is 52.4 Å². The van der Waals surface area contributed by atoms with E-state index in [1.807, 2.05) is 54.1 Å². The first-order chi connectivity index (χ1) is 18.1. The van der Waals surface area contributed by atoms with Gasteiger partial charge in [-0.2, -0.15) is 5.10 Å². The summed E-state index contributed by atoms with van der Waals surface area (Å²) in [4.78, 5) is 5.03. The second kappa shape index (κ2) is 9.03. The van der Waals surface area contributed by atoms with E-state index in [2.05, 4.69) is 0 Å². The highest BCUT2D eigenvalue weighted by Gasteiger charge is 2.40. The number of para-hydroxylation sites is 1. The van der Waals surface area contributed by atoms with Crippen molar-refractivity contribution in [3.63, 3.8) is 0 Å². The van der Waals surface area contributed by atoms with Gasteiger partial charge in [0.25, 0.3) is 0 Å². The van der Waals surface area contributed by atoms with Gasteiger partial charge in [0.1, 0.15) is 0 Å². The van der Waals surface area contributed by atoms with Crippen molar-refractivity contribution in [1.29, 1.82) is 0 Å². The van der Waals surface area contributed by atoms with E-state index in [0.717, 1.165) is 70.7 Å². The maximum atomic E-state index is 6.95. The quantitative estimate of drug-likeness (QED) is 0.349. The Bertz CT molecular complexity index is 1500. The van der Waals surface area contributed by atoms with Crippen LogP contribution in [0.2, 0.25) is 0 Å². The Morgan fingerprint density at radius 2 is 1.68 bits per heavy atom. The van der Waals surface area contributed by atoms with Crippen LogP contribution in [0.4, 0.5) is 5.69 Å². The predicted octanol–water partition coefficient (Wildman–Crippen LogP) is 5.35. The molecule has 2 aromatic carbocycles. The molecule has 37 heavy (non-hydrogen) atoms. The van der Waals surface area contributed by atoms with Gasteiger partial charge >= 0.3 is 0 Å². The van der Waals surface area contributed by atoms with Crippen LogP contribution in [0.25, 0.3) is 5.69 Å². The summed E-state index contributed by atoms with van der Waals surface area (Å²) in [6, 6.07) is 13.9. The molecular weight excluding hydrogens is 468 g/mol. The first-order valence-corrected chi connectivity index (χ1v) is 12.5. The van der Waals surface area contributed by atoms with Crippen LogP contribution in [0.5, 0.6) is 29.0 Å². The molecule has 0 spiro atoms. The number of hydrogen-bond acceptors (Lipinski definition) is 7. The number of pyridine rings is 1. The van der Waals surface area contributed by atoms with Crippen LogP contribution in [-0.2, 0) is 12.8 Å². The number of ether oxygens (including phenoxy) is 4. The minimum absolute atomic E-state index is 0.328. The van der Waals surface area contributed by atoms with E-state index in [9.17, 15) is 0 Å². The van der Waals surface area contributed by atoms with Crippen LogP contribution in [0.15, 0.2) is 42.5 Å². The number of methoxy groups -OCH3 is 3. The summed E-state index contributed by atoms with van der Waals surface area (Å²) in [5.74, 6) is 2.50. The zero-order valence-corrected chi connectivity index (χ0v) is 21.5. The molecule has 2 aliphatic rings. The van der Waals surface area contributed by atoms with E-state index in [1.165, 1.54) is 0 Å². The first-order valence-electron chi connectivity index (χ1n) is 12.5. The van der Waals surface area contributed by atoms with E-state index in [1.54, 1.807) is 21.3 Å². The Balaban J connectivity index is 1.67. The third-order valence-electron chi connectivity index (χ3n) is 7.40. The maximum Gasteiger partial charge on any atom is 0.229 e. The van der Waals surface area contributed by atoms with Crippen molar-refractivity contribution in [3.05, 3.63) is 76.1 Å². The van der Waals surface area contributed by atoms with E-state index >= 15 is 0 Å². The number of fused-ring (bicyclic) bond motifs is 3. The van der Waals surface area contributed by atoms with Gasteiger partial charge in [-0.15, -0.1) is 0 Å². The van der Waals surface area contributed by atoms with Crippen molar-refractivity contribution in [2.45, 2.75) is 38.5 Å². The number of hydrogen-bond donors (Lipinski definition) is 1. The van der Waals surface area contributed by atoms with Gasteiger partial charge in [-0.3, -0.25) is 0 Å². The van der Waals surface area contributed by atoms with Crippen molar-refractivity contribution >= 4 is 5.69 Å². The molecule has 4 aromatic rings. The molecule has 3 heterocycles. The molecule has 1 atom stereocenters. The third-order valence-corrected chi connectivity index (χ3v) is 7.40. The van der Waals surface area contributed by atoms with Crippen LogP contribution < -0.4 is 24.7 Å². The van der Waals surface area contributed by atoms with Crippen LogP contribution in [0, 0.1) is 6.92 Å². The molecule has 2 N–H and O–H groups in total. The second-order valence-electron chi connectivity index (χ2n) is 9.39. The van der Waals surface area contributed by atoms with E-state index in [0.29, 0.717) is 29.0 Å². The summed E-state index contributed by atoms with van der Waals surface area (Å²) in [6.07, 6.45) is 3.99. The Hall–Kier alpha value is -4.20. The standard InChI is InChI=1S/C29H30N4O4/c1-16-22-23(19-14-15-21(34-2)27(36-4)26(19)35-3)24-25(30)18-12-8-9-13-20(18)31-28(24)37-29(22)33(32-16)17-10-6-5-7-11-17/h5-7,10-11,14-15,23H,8-9,12-13H2,1-4H3,(H2,30,31). The summed E-state index contributed by atoms with van der Waals surface area (Å²) in [6.45, 7) is 1.99. The van der Waals surface area contributed by atoms with Crippen LogP contribution in [0.3, 0.4) is 0 Å². The van der Waals surface area contributed by atoms with Crippen molar-refractivity contribution in [2.75, 3.05) is 27.1 Å². The molecule has 0 saturated heterocycles. The minimum atomic E-state index is -0.328. The second-order valence-corrected chi connectivity index (χ2v) is 9.39. The summed E-state index contributed by atoms with van der Waals surface area (Å²) < 4.78 is 25.7. The highest BCUT2D eigenvalue weighted by molar-refractivity contribution is 5.72. The van der Waals surface area contributed by atoms with Crippen molar-refractivity contribution in [1.82, 2.24) is 14.8 Å². The zero-order valence-electron chi connectivity index (χ0n) is 21.5. The topological polar surface area (TPSA) is 93.7 Å². The number of aryl methyl sites for hydroxylation is 2. The normalized spacial score (nSPS) is 15.7. The first kappa shape index (κ1) is 23.2. The van der Waals surface area contributed by atoms with Gasteiger partial charge in [0.15, 0.2) is 11.5 Å². The fourth-order valence-corrected chi connectivity index (χ4v) is 5.71. The van der Waals surface area contributed by atoms with E-state index in [-0.39, 0.29) is 5.92 Å². The lowest BCUT2D eigenvalue weighted by atomic mass is 9.80. The number of benzene rings is 2.